The molecule has 1 N–H and O–H groups in total. The van der Waals surface area contributed by atoms with Crippen molar-refractivity contribution in [3.05, 3.63) is 0 Å². The van der Waals surface area contributed by atoms with Gasteiger partial charge in [0.05, 0.1) is 6.04 Å². The fourth-order valence-electron chi connectivity index (χ4n) is 1.99. The van der Waals surface area contributed by atoms with Crippen LogP contribution in [0.1, 0.15) is 46.0 Å². The summed E-state index contributed by atoms with van der Waals surface area (Å²) in [6.45, 7) is 3.95. The molecule has 1 aliphatic carbocycles. The van der Waals surface area contributed by atoms with E-state index in [-0.39, 0.29) is 11.9 Å². The summed E-state index contributed by atoms with van der Waals surface area (Å²) in [6.07, 6.45) is 4.64. The van der Waals surface area contributed by atoms with Crippen molar-refractivity contribution in [3.8, 4) is 0 Å². The topological polar surface area (TPSA) is 40.5 Å². The molecule has 13 heavy (non-hydrogen) atoms. The molecule has 1 rings (SSSR count). The first-order valence-corrected chi connectivity index (χ1v) is 5.16. The lowest BCUT2D eigenvalue weighted by molar-refractivity contribution is -0.179. The van der Waals surface area contributed by atoms with Crippen LogP contribution in [0.2, 0.25) is 0 Å². The normalized spacial score (nSPS) is 28.5. The van der Waals surface area contributed by atoms with Crippen LogP contribution >= 0.6 is 0 Å². The highest BCUT2D eigenvalue weighted by molar-refractivity contribution is 5.74. The van der Waals surface area contributed by atoms with Gasteiger partial charge in [-0.1, -0.05) is 26.7 Å². The molecule has 0 aromatic heterocycles. The highest BCUT2D eigenvalue weighted by atomic mass is 16.5. The van der Waals surface area contributed by atoms with Gasteiger partial charge in [0.2, 0.25) is 5.91 Å². The van der Waals surface area contributed by atoms with Gasteiger partial charge < -0.3 is 0 Å². The molecule has 2 atom stereocenters. The minimum absolute atomic E-state index is 0.0659. The Kier molecular flexibility index (Phi) is 3.72. The van der Waals surface area contributed by atoms with Crippen LogP contribution in [-0.4, -0.2) is 22.2 Å². The fourth-order valence-corrected chi connectivity index (χ4v) is 1.99. The Labute approximate surface area is 79.7 Å². The van der Waals surface area contributed by atoms with Gasteiger partial charge in [-0.05, 0) is 18.8 Å². The van der Waals surface area contributed by atoms with Crippen LogP contribution in [0.5, 0.6) is 0 Å². The summed E-state index contributed by atoms with van der Waals surface area (Å²) in [4.78, 5) is 11.2. The zero-order chi connectivity index (χ0) is 9.84. The van der Waals surface area contributed by atoms with E-state index < -0.39 is 0 Å². The van der Waals surface area contributed by atoms with Gasteiger partial charge in [-0.25, -0.2) is 5.06 Å². The van der Waals surface area contributed by atoms with Crippen molar-refractivity contribution in [1.29, 1.82) is 0 Å². The van der Waals surface area contributed by atoms with E-state index in [0.29, 0.717) is 12.3 Å². The monoisotopic (exact) mass is 185 g/mol. The summed E-state index contributed by atoms with van der Waals surface area (Å²) in [7, 11) is 0. The number of amides is 1. The van der Waals surface area contributed by atoms with Crippen molar-refractivity contribution in [1.82, 2.24) is 5.06 Å². The number of carbonyl (C=O) groups excluding carboxylic acids is 1. The van der Waals surface area contributed by atoms with Crippen LogP contribution in [0, 0.1) is 5.92 Å². The van der Waals surface area contributed by atoms with Crippen molar-refractivity contribution in [2.24, 2.45) is 5.92 Å². The van der Waals surface area contributed by atoms with Crippen molar-refractivity contribution < 1.29 is 10.0 Å². The predicted molar refractivity (Wildman–Crippen MR) is 50.3 cm³/mol. The molecular weight excluding hydrogens is 166 g/mol. The Morgan fingerprint density at radius 1 is 1.54 bits per heavy atom. The number of hydrogen-bond acceptors (Lipinski definition) is 2. The number of carbonyl (C=O) groups is 1. The first-order chi connectivity index (χ1) is 6.15. The molecule has 0 radical (unpaired) electrons. The SMILES string of the molecule is CCC(=O)N(O)C1CCCC(C)C1. The Bertz CT molecular complexity index is 182. The molecule has 1 fully saturated rings. The number of hydrogen-bond donors (Lipinski definition) is 1. The number of nitrogens with zero attached hydrogens (tertiary/aromatic N) is 1. The van der Waals surface area contributed by atoms with E-state index in [0.717, 1.165) is 24.3 Å². The zero-order valence-electron chi connectivity index (χ0n) is 8.49. The van der Waals surface area contributed by atoms with Gasteiger partial charge >= 0.3 is 0 Å². The third-order valence-corrected chi connectivity index (χ3v) is 2.81. The van der Waals surface area contributed by atoms with E-state index in [9.17, 15) is 10.0 Å². The minimum Gasteiger partial charge on any atom is -0.286 e. The van der Waals surface area contributed by atoms with E-state index in [4.69, 9.17) is 0 Å². The fraction of sp³-hybridized carbons (Fsp3) is 0.900. The van der Waals surface area contributed by atoms with Crippen molar-refractivity contribution >= 4 is 5.91 Å². The van der Waals surface area contributed by atoms with Gasteiger partial charge in [0, 0.05) is 6.42 Å². The zero-order valence-corrected chi connectivity index (χ0v) is 8.49. The van der Waals surface area contributed by atoms with E-state index in [2.05, 4.69) is 6.92 Å². The second kappa shape index (κ2) is 4.61. The maximum Gasteiger partial charge on any atom is 0.245 e. The Balaban J connectivity index is 2.45. The summed E-state index contributed by atoms with van der Waals surface area (Å²) in [5.74, 6) is 0.483. The molecule has 1 saturated carbocycles. The lowest BCUT2D eigenvalue weighted by atomic mass is 9.87. The maximum atomic E-state index is 11.2. The second-order valence-electron chi connectivity index (χ2n) is 4.02. The van der Waals surface area contributed by atoms with Crippen molar-refractivity contribution in [3.63, 3.8) is 0 Å². The Hall–Kier alpha value is -0.570. The first-order valence-electron chi connectivity index (χ1n) is 5.16. The largest absolute Gasteiger partial charge is 0.286 e. The van der Waals surface area contributed by atoms with Crippen LogP contribution in [0.15, 0.2) is 0 Å². The van der Waals surface area contributed by atoms with Crippen LogP contribution in [0.3, 0.4) is 0 Å². The number of rotatable bonds is 2. The van der Waals surface area contributed by atoms with Gasteiger partial charge in [0.25, 0.3) is 0 Å². The quantitative estimate of drug-likeness (QED) is 0.529. The second-order valence-corrected chi connectivity index (χ2v) is 4.02. The molecule has 0 saturated heterocycles. The van der Waals surface area contributed by atoms with Gasteiger partial charge in [0.15, 0.2) is 0 Å². The lowest BCUT2D eigenvalue weighted by Crippen LogP contribution is -2.39. The lowest BCUT2D eigenvalue weighted by Gasteiger charge is -2.32. The first kappa shape index (κ1) is 10.5. The van der Waals surface area contributed by atoms with Gasteiger partial charge in [0.1, 0.15) is 0 Å². The van der Waals surface area contributed by atoms with Crippen molar-refractivity contribution in [2.75, 3.05) is 0 Å². The summed E-state index contributed by atoms with van der Waals surface area (Å²) in [5.41, 5.74) is 0. The summed E-state index contributed by atoms with van der Waals surface area (Å²) < 4.78 is 0. The maximum absolute atomic E-state index is 11.2. The van der Waals surface area contributed by atoms with Crippen molar-refractivity contribution in [2.45, 2.75) is 52.0 Å². The summed E-state index contributed by atoms with van der Waals surface area (Å²) in [6, 6.07) is 0.0659. The molecule has 0 heterocycles. The molecular formula is C10H19NO2. The number of hydroxylamine groups is 2. The average molecular weight is 185 g/mol. The van der Waals surface area contributed by atoms with Gasteiger partial charge in [-0.2, -0.15) is 0 Å². The summed E-state index contributed by atoms with van der Waals surface area (Å²) >= 11 is 0. The third-order valence-electron chi connectivity index (χ3n) is 2.81. The molecule has 76 valence electrons. The Morgan fingerprint density at radius 3 is 2.77 bits per heavy atom. The highest BCUT2D eigenvalue weighted by Gasteiger charge is 2.26. The van der Waals surface area contributed by atoms with E-state index in [1.807, 2.05) is 0 Å². The molecule has 3 nitrogen and oxygen atoms in total. The minimum atomic E-state index is -0.154. The molecule has 3 heteroatoms. The smallest absolute Gasteiger partial charge is 0.245 e. The molecule has 0 spiro atoms. The van der Waals surface area contributed by atoms with Gasteiger partial charge in [-0.3, -0.25) is 10.0 Å². The standard InChI is InChI=1S/C10H19NO2/c1-3-10(12)11(13)9-6-4-5-8(2)7-9/h8-9,13H,3-7H2,1-2H3. The molecule has 1 amide bonds. The van der Waals surface area contributed by atoms with Crippen LogP contribution in [-0.2, 0) is 4.79 Å². The molecule has 1 aliphatic rings. The average Bonchev–Trinajstić information content (AvgIpc) is 2.15. The van der Waals surface area contributed by atoms with Crippen LogP contribution in [0.25, 0.3) is 0 Å². The highest BCUT2D eigenvalue weighted by Crippen LogP contribution is 2.26. The molecule has 0 aromatic rings. The molecule has 0 bridgehead atoms. The third kappa shape index (κ3) is 2.69. The molecule has 0 aliphatic heterocycles. The Morgan fingerprint density at radius 2 is 2.23 bits per heavy atom. The van der Waals surface area contributed by atoms with Crippen LogP contribution in [0.4, 0.5) is 0 Å². The predicted octanol–water partition coefficient (Wildman–Crippen LogP) is 2.19. The van der Waals surface area contributed by atoms with Crippen LogP contribution < -0.4 is 0 Å². The van der Waals surface area contributed by atoms with E-state index >= 15 is 0 Å². The van der Waals surface area contributed by atoms with E-state index in [1.54, 1.807) is 6.92 Å². The molecule has 0 aromatic carbocycles. The van der Waals surface area contributed by atoms with Gasteiger partial charge in [-0.15, -0.1) is 0 Å². The van der Waals surface area contributed by atoms with E-state index in [1.165, 1.54) is 6.42 Å². The summed E-state index contributed by atoms with van der Waals surface area (Å²) in [5, 5.41) is 10.5. The molecule has 2 unspecified atom stereocenters.